The van der Waals surface area contributed by atoms with Gasteiger partial charge in [0, 0.05) is 89.6 Å². The number of amides is 3. The number of carboxylic acids is 6. The van der Waals surface area contributed by atoms with Crippen LogP contribution in [0.4, 0.5) is 0 Å². The van der Waals surface area contributed by atoms with Gasteiger partial charge >= 0.3 is 53.7 Å². The molecule has 0 aliphatic carbocycles. The maximum absolute atomic E-state index is 10.8. The highest BCUT2D eigenvalue weighted by Crippen LogP contribution is 2.25. The minimum Gasteiger partial charge on any atom is -0.550 e. The van der Waals surface area contributed by atoms with Crippen LogP contribution in [-0.2, 0) is 71.8 Å². The first kappa shape index (κ1) is 98.5. The zero-order chi connectivity index (χ0) is 72.3. The molecule has 0 saturated carbocycles. The van der Waals surface area contributed by atoms with Crippen molar-refractivity contribution in [3.8, 4) is 0 Å². The molecule has 1 aromatic carbocycles. The molecule has 26 nitrogen and oxygen atoms in total. The molecule has 0 aromatic heterocycles. The molecule has 0 radical (unpaired) electrons. The molecule has 2 unspecified atom stereocenters. The van der Waals surface area contributed by atoms with Gasteiger partial charge in [-0.25, -0.2) is 0 Å². The number of rotatable bonds is 32. The maximum atomic E-state index is 10.8. The van der Waals surface area contributed by atoms with Gasteiger partial charge < -0.3 is 73.6 Å². The zero-order valence-corrected chi connectivity index (χ0v) is 58.1. The molecule has 1 saturated heterocycles. The zero-order valence-electron chi connectivity index (χ0n) is 57.3. The Hall–Kier alpha value is -7.06. The second-order valence-corrected chi connectivity index (χ2v) is 25.4. The Balaban J connectivity index is -0.000000180. The Bertz CT molecular complexity index is 2020. The largest absolute Gasteiger partial charge is 0.550 e. The summed E-state index contributed by atoms with van der Waals surface area (Å²) in [5.74, 6) is -6.35. The van der Waals surface area contributed by atoms with E-state index in [9.17, 15) is 67.4 Å². The van der Waals surface area contributed by atoms with Crippen LogP contribution in [0.15, 0.2) is 30.3 Å². The highest BCUT2D eigenvalue weighted by atomic mass is 35.5. The van der Waals surface area contributed by atoms with Crippen LogP contribution in [0.5, 0.6) is 0 Å². The highest BCUT2D eigenvalue weighted by Gasteiger charge is 2.27. The number of hydrogen-bond acceptors (Lipinski definition) is 17. The molecule has 1 heterocycles. The smallest absolute Gasteiger partial charge is 0.313 e. The van der Waals surface area contributed by atoms with Gasteiger partial charge in [0.2, 0.25) is 17.7 Å². The fraction of sp³-hybridized carbons (Fsp3) is 0.708. The third-order valence-electron chi connectivity index (χ3n) is 12.2. The van der Waals surface area contributed by atoms with Crippen LogP contribution >= 0.6 is 12.4 Å². The summed E-state index contributed by atoms with van der Waals surface area (Å²) >= 11 is 0. The average molecular weight is 1340 g/mol. The summed E-state index contributed by atoms with van der Waals surface area (Å²) < 4.78 is 8.39. The fourth-order valence-corrected chi connectivity index (χ4v) is 9.45. The molecule has 3 amide bonds. The van der Waals surface area contributed by atoms with E-state index in [0.29, 0.717) is 73.8 Å². The Kier molecular flexibility index (Phi) is 63.2. The lowest BCUT2D eigenvalue weighted by Crippen LogP contribution is -2.51. The van der Waals surface area contributed by atoms with Gasteiger partial charge in [-0.1, -0.05) is 113 Å². The van der Waals surface area contributed by atoms with E-state index in [1.54, 1.807) is 0 Å². The minimum atomic E-state index is -1.12. The Morgan fingerprint density at radius 1 is 0.478 bits per heavy atom. The van der Waals surface area contributed by atoms with E-state index in [2.05, 4.69) is 62.0 Å². The molecule has 92 heavy (non-hydrogen) atoms. The monoisotopic (exact) mass is 1340 g/mol. The highest BCUT2D eigenvalue weighted by molar-refractivity contribution is 5.88. The Morgan fingerprint density at radius 3 is 0.935 bits per heavy atom. The van der Waals surface area contributed by atoms with E-state index in [0.717, 1.165) is 25.7 Å². The van der Waals surface area contributed by atoms with E-state index in [1.807, 2.05) is 73.6 Å². The van der Waals surface area contributed by atoms with Crippen LogP contribution in [-0.4, -0.2) is 109 Å². The van der Waals surface area contributed by atoms with Gasteiger partial charge in [0.1, 0.15) is 6.04 Å². The van der Waals surface area contributed by atoms with Gasteiger partial charge in [0.25, 0.3) is 0 Å². The van der Waals surface area contributed by atoms with Crippen molar-refractivity contribution < 1.29 is 108 Å². The normalized spacial score (nSPS) is 13.0. The summed E-state index contributed by atoms with van der Waals surface area (Å²) in [6.07, 6.45) is 6.01. The number of carbonyl (C=O) groups is 13. The summed E-state index contributed by atoms with van der Waals surface area (Å²) in [7, 11) is 0. The van der Waals surface area contributed by atoms with Gasteiger partial charge in [-0.3, -0.25) is 57.5 Å². The van der Waals surface area contributed by atoms with Gasteiger partial charge in [0.15, 0.2) is 0 Å². The number of carboxylic acid groups (broad SMARTS) is 6. The van der Waals surface area contributed by atoms with Crippen LogP contribution in [0.3, 0.4) is 0 Å². The van der Waals surface area contributed by atoms with Crippen molar-refractivity contribution in [1.82, 2.24) is 0 Å². The number of benzene rings is 1. The van der Waals surface area contributed by atoms with Crippen molar-refractivity contribution in [3.05, 3.63) is 35.9 Å². The predicted octanol–water partition coefficient (Wildman–Crippen LogP) is 7.36. The molecular weight excluding hydrogens is 1220 g/mol. The second-order valence-electron chi connectivity index (χ2n) is 25.4. The van der Waals surface area contributed by atoms with E-state index in [4.69, 9.17) is 48.5 Å². The molecule has 0 spiro atoms. The SMILES string of the molecule is CC(=O)OC(C)=O.CC(C)CC(CC(=O)O)CC(=O)O.CC(C)CC(CC(N)=O)CC(=O)O.CC(C)CC(CC(N)=O)CC(=O)[O-].CC(C)CC1CC(=O)OC(=O)C1.CC(C)C[C@H](CC(N)=O)CC(=O)O.CC(C)C[C@H](CN)CC(=O)O.C[C@@H]([NH3+])c1ccccc1.Cl. The van der Waals surface area contributed by atoms with E-state index in [-0.39, 0.29) is 118 Å². The molecule has 1 fully saturated rings. The Labute approximate surface area is 551 Å². The molecule has 5 atom stereocenters. The number of carbonyl (C=O) groups excluding carboxylic acids is 8. The number of esters is 4. The third kappa shape index (κ3) is 81.0. The van der Waals surface area contributed by atoms with Crippen molar-refractivity contribution in [2.45, 2.75) is 219 Å². The van der Waals surface area contributed by atoms with Crippen LogP contribution in [0.1, 0.15) is 225 Å². The van der Waals surface area contributed by atoms with Crippen molar-refractivity contribution in [1.29, 1.82) is 0 Å². The van der Waals surface area contributed by atoms with E-state index in [1.165, 1.54) is 19.4 Å². The summed E-state index contributed by atoms with van der Waals surface area (Å²) in [6.45, 7) is 29.1. The first-order valence-corrected chi connectivity index (χ1v) is 30.9. The third-order valence-corrected chi connectivity index (χ3v) is 12.2. The van der Waals surface area contributed by atoms with Crippen molar-refractivity contribution in [2.24, 2.45) is 93.9 Å². The molecule has 534 valence electrons. The van der Waals surface area contributed by atoms with E-state index >= 15 is 0 Å². The van der Waals surface area contributed by atoms with Gasteiger partial charge in [-0.15, -0.1) is 12.4 Å². The Morgan fingerprint density at radius 2 is 0.739 bits per heavy atom. The quantitative estimate of drug-likeness (QED) is 0.0249. The molecule has 0 bridgehead atoms. The van der Waals surface area contributed by atoms with Gasteiger partial charge in [0.05, 0.1) is 0 Å². The number of ether oxygens (including phenoxy) is 2. The molecule has 2 rings (SSSR count). The van der Waals surface area contributed by atoms with Gasteiger partial charge in [-0.05, 0) is 129 Å². The number of quaternary nitrogens is 1. The number of primary amides is 3. The van der Waals surface area contributed by atoms with Crippen LogP contribution in [0.2, 0.25) is 0 Å². The molecule has 27 heteroatoms. The first-order chi connectivity index (χ1) is 41.7. The maximum Gasteiger partial charge on any atom is 0.313 e. The molecule has 1 aliphatic rings. The molecule has 16 N–H and O–H groups in total. The van der Waals surface area contributed by atoms with Crippen LogP contribution < -0.4 is 33.8 Å². The number of nitrogens with two attached hydrogens (primary N) is 4. The fourth-order valence-electron chi connectivity index (χ4n) is 9.45. The number of aliphatic carboxylic acids is 6. The predicted molar refractivity (Wildman–Crippen MR) is 347 cm³/mol. The topological polar surface area (TPSA) is 496 Å². The number of halogens is 1. The second kappa shape index (κ2) is 59.0. The lowest BCUT2D eigenvalue weighted by molar-refractivity contribution is -0.420. The first-order valence-electron chi connectivity index (χ1n) is 30.9. The summed E-state index contributed by atoms with van der Waals surface area (Å²) in [4.78, 5) is 135. The van der Waals surface area contributed by atoms with Crippen LogP contribution in [0, 0.1) is 71.0 Å². The summed E-state index contributed by atoms with van der Waals surface area (Å²) in [5.41, 5.74) is 25.6. The van der Waals surface area contributed by atoms with Crippen molar-refractivity contribution in [3.63, 3.8) is 0 Å². The van der Waals surface area contributed by atoms with Crippen LogP contribution in [0.25, 0.3) is 0 Å². The van der Waals surface area contributed by atoms with Gasteiger partial charge in [-0.2, -0.15) is 0 Å². The molecular formula is C65H116ClN5O21. The lowest BCUT2D eigenvalue weighted by atomic mass is 9.90. The van der Waals surface area contributed by atoms with E-state index < -0.39 is 65.5 Å². The summed E-state index contributed by atoms with van der Waals surface area (Å²) in [6, 6.07) is 10.7. The molecule has 1 aromatic rings. The molecule has 1 aliphatic heterocycles. The average Bonchev–Trinajstić information content (AvgIpc) is 1.36. The standard InChI is InChI=1S/3C9H17NO3.C9H16O4.C9H14O3.C8H17NO2.C8H11N.C4H6O3.ClH/c4*1-6(2)3-7(4-8(10)11)5-9(12)13;1-6(2)3-7-4-8(10)12-9(11)5-7;1-6(2)3-7(5-9)4-8(10)11;1-7(9)8-5-3-2-4-6-8;1-3(5)7-4(2)6;/h3*6-7H,3-5H2,1-2H3,(H2,10,11)(H,12,13);6-7H,3-5H2,1-2H3,(H,10,11)(H,12,13);6-7H,3-5H2,1-2H3;6-7H,3-5,9H2,1-2H3,(H,10,11);2-7H,9H2,1H3;1-2H3;1H/t7-;;;;;2*7-;;/m1....01../s1. The minimum absolute atomic E-state index is 0. The number of hydrogen-bond donors (Lipinski definition) is 10. The lowest BCUT2D eigenvalue weighted by Gasteiger charge is -2.20. The van der Waals surface area contributed by atoms with Crippen molar-refractivity contribution in [2.75, 3.05) is 6.54 Å². The number of cyclic esters (lactones) is 2. The van der Waals surface area contributed by atoms with Crippen molar-refractivity contribution >= 4 is 89.8 Å². The summed E-state index contributed by atoms with van der Waals surface area (Å²) in [5, 5.41) is 52.9.